The molecule has 20 heavy (non-hydrogen) atoms. The van der Waals surface area contributed by atoms with E-state index in [-0.39, 0.29) is 11.5 Å². The van der Waals surface area contributed by atoms with Gasteiger partial charge in [-0.05, 0) is 29.3 Å². The van der Waals surface area contributed by atoms with E-state index >= 15 is 0 Å². The van der Waals surface area contributed by atoms with Gasteiger partial charge in [0, 0.05) is 18.7 Å². The van der Waals surface area contributed by atoms with Crippen molar-refractivity contribution in [1.29, 1.82) is 0 Å². The van der Waals surface area contributed by atoms with Gasteiger partial charge in [0.25, 0.3) is 5.91 Å². The third-order valence-corrected chi connectivity index (χ3v) is 3.44. The molecule has 0 atom stereocenters. The van der Waals surface area contributed by atoms with E-state index in [2.05, 4.69) is 0 Å². The van der Waals surface area contributed by atoms with Crippen LogP contribution < -0.4 is 0 Å². The lowest BCUT2D eigenvalue weighted by Gasteiger charge is -2.15. The normalized spacial score (nSPS) is 13.4. The number of aromatic carboxylic acids is 1. The SMILES string of the molecule is O=C(O)c1cccc(CN2Cc3ccccc3C2=O)c1. The molecule has 0 fully saturated rings. The van der Waals surface area contributed by atoms with Crippen LogP contribution in [0, 0.1) is 0 Å². The second-order valence-electron chi connectivity index (χ2n) is 4.82. The van der Waals surface area contributed by atoms with Crippen LogP contribution in [0.1, 0.15) is 31.8 Å². The number of rotatable bonds is 3. The molecule has 0 radical (unpaired) electrons. The van der Waals surface area contributed by atoms with Crippen molar-refractivity contribution < 1.29 is 14.7 Å². The van der Waals surface area contributed by atoms with E-state index in [0.717, 1.165) is 16.7 Å². The van der Waals surface area contributed by atoms with Gasteiger partial charge in [-0.25, -0.2) is 4.79 Å². The predicted octanol–water partition coefficient (Wildman–Crippen LogP) is 2.54. The zero-order chi connectivity index (χ0) is 14.1. The number of hydrogen-bond acceptors (Lipinski definition) is 2. The Bertz CT molecular complexity index is 694. The fourth-order valence-electron chi connectivity index (χ4n) is 2.47. The molecule has 0 spiro atoms. The van der Waals surface area contributed by atoms with Gasteiger partial charge in [-0.2, -0.15) is 0 Å². The minimum atomic E-state index is -0.956. The first-order valence-corrected chi connectivity index (χ1v) is 6.34. The fraction of sp³-hybridized carbons (Fsp3) is 0.125. The van der Waals surface area contributed by atoms with E-state index in [0.29, 0.717) is 13.1 Å². The fourth-order valence-corrected chi connectivity index (χ4v) is 2.47. The first-order chi connectivity index (χ1) is 9.65. The minimum Gasteiger partial charge on any atom is -0.478 e. The van der Waals surface area contributed by atoms with Crippen LogP contribution >= 0.6 is 0 Å². The lowest BCUT2D eigenvalue weighted by atomic mass is 10.1. The third-order valence-electron chi connectivity index (χ3n) is 3.44. The second-order valence-corrected chi connectivity index (χ2v) is 4.82. The highest BCUT2D eigenvalue weighted by Crippen LogP contribution is 2.24. The molecule has 0 bridgehead atoms. The van der Waals surface area contributed by atoms with Gasteiger partial charge in [0.05, 0.1) is 5.56 Å². The summed E-state index contributed by atoms with van der Waals surface area (Å²) in [5.41, 5.74) is 2.83. The predicted molar refractivity (Wildman–Crippen MR) is 73.4 cm³/mol. The Morgan fingerprint density at radius 2 is 1.95 bits per heavy atom. The van der Waals surface area contributed by atoms with Crippen molar-refractivity contribution in [2.24, 2.45) is 0 Å². The molecule has 4 nitrogen and oxygen atoms in total. The van der Waals surface area contributed by atoms with Crippen LogP contribution in [-0.4, -0.2) is 21.9 Å². The number of carboxylic acids is 1. The Morgan fingerprint density at radius 1 is 1.15 bits per heavy atom. The highest BCUT2D eigenvalue weighted by molar-refractivity contribution is 5.98. The van der Waals surface area contributed by atoms with Gasteiger partial charge in [0.2, 0.25) is 0 Å². The van der Waals surface area contributed by atoms with E-state index in [1.54, 1.807) is 23.1 Å². The Kier molecular flexibility index (Phi) is 2.99. The third kappa shape index (κ3) is 2.16. The molecule has 0 saturated carbocycles. The average molecular weight is 267 g/mol. The summed E-state index contributed by atoms with van der Waals surface area (Å²) in [5, 5.41) is 8.98. The molecule has 1 aliphatic heterocycles. The Morgan fingerprint density at radius 3 is 2.70 bits per heavy atom. The summed E-state index contributed by atoms with van der Waals surface area (Å²) in [6.45, 7) is 1.00. The number of carbonyl (C=O) groups is 2. The van der Waals surface area contributed by atoms with Gasteiger partial charge >= 0.3 is 5.97 Å². The number of amides is 1. The van der Waals surface area contributed by atoms with Gasteiger partial charge in [0.1, 0.15) is 0 Å². The van der Waals surface area contributed by atoms with Crippen molar-refractivity contribution in [3.63, 3.8) is 0 Å². The summed E-state index contributed by atoms with van der Waals surface area (Å²) in [7, 11) is 0. The Labute approximate surface area is 116 Å². The topological polar surface area (TPSA) is 57.6 Å². The molecule has 0 aliphatic carbocycles. The quantitative estimate of drug-likeness (QED) is 0.929. The number of carboxylic acid groups (broad SMARTS) is 1. The molecule has 100 valence electrons. The van der Waals surface area contributed by atoms with E-state index < -0.39 is 5.97 Å². The lowest BCUT2D eigenvalue weighted by Crippen LogP contribution is -2.23. The molecule has 1 amide bonds. The Hall–Kier alpha value is -2.62. The van der Waals surface area contributed by atoms with Crippen LogP contribution in [0.2, 0.25) is 0 Å². The smallest absolute Gasteiger partial charge is 0.335 e. The van der Waals surface area contributed by atoms with Crippen molar-refractivity contribution in [3.8, 4) is 0 Å². The molecule has 4 heteroatoms. The molecule has 1 N–H and O–H groups in total. The van der Waals surface area contributed by atoms with Crippen molar-refractivity contribution in [3.05, 3.63) is 70.8 Å². The summed E-state index contributed by atoms with van der Waals surface area (Å²) in [4.78, 5) is 24.9. The lowest BCUT2D eigenvalue weighted by molar-refractivity contribution is 0.0696. The zero-order valence-electron chi connectivity index (χ0n) is 10.7. The summed E-state index contributed by atoms with van der Waals surface area (Å²) in [6.07, 6.45) is 0. The van der Waals surface area contributed by atoms with E-state index in [1.807, 2.05) is 30.3 Å². The number of carbonyl (C=O) groups excluding carboxylic acids is 1. The maximum absolute atomic E-state index is 12.2. The molecule has 2 aromatic rings. The monoisotopic (exact) mass is 267 g/mol. The maximum atomic E-state index is 12.2. The van der Waals surface area contributed by atoms with Crippen molar-refractivity contribution in [2.45, 2.75) is 13.1 Å². The average Bonchev–Trinajstić information content (AvgIpc) is 2.76. The maximum Gasteiger partial charge on any atom is 0.335 e. The van der Waals surface area contributed by atoms with E-state index in [1.165, 1.54) is 0 Å². The van der Waals surface area contributed by atoms with E-state index in [9.17, 15) is 9.59 Å². The molecule has 3 rings (SSSR count). The van der Waals surface area contributed by atoms with Gasteiger partial charge in [0.15, 0.2) is 0 Å². The van der Waals surface area contributed by atoms with E-state index in [4.69, 9.17) is 5.11 Å². The van der Waals surface area contributed by atoms with Crippen LogP contribution in [0.25, 0.3) is 0 Å². The van der Waals surface area contributed by atoms with Crippen LogP contribution in [0.3, 0.4) is 0 Å². The number of hydrogen-bond donors (Lipinski definition) is 1. The summed E-state index contributed by atoms with van der Waals surface area (Å²) in [6, 6.07) is 14.2. The van der Waals surface area contributed by atoms with Crippen LogP contribution in [0.15, 0.2) is 48.5 Å². The van der Waals surface area contributed by atoms with Gasteiger partial charge in [-0.1, -0.05) is 30.3 Å². The molecular formula is C16H13NO3. The molecule has 2 aromatic carbocycles. The molecular weight excluding hydrogens is 254 g/mol. The molecule has 0 aromatic heterocycles. The van der Waals surface area contributed by atoms with Crippen molar-refractivity contribution in [1.82, 2.24) is 4.90 Å². The molecule has 0 unspecified atom stereocenters. The van der Waals surface area contributed by atoms with Crippen LogP contribution in [-0.2, 0) is 13.1 Å². The molecule has 0 saturated heterocycles. The number of benzene rings is 2. The number of nitrogens with zero attached hydrogens (tertiary/aromatic N) is 1. The summed E-state index contributed by atoms with van der Waals surface area (Å²) in [5.74, 6) is -0.954. The van der Waals surface area contributed by atoms with Crippen LogP contribution in [0.5, 0.6) is 0 Å². The van der Waals surface area contributed by atoms with Crippen LogP contribution in [0.4, 0.5) is 0 Å². The second kappa shape index (κ2) is 4.81. The minimum absolute atomic E-state index is 0.00123. The first kappa shape index (κ1) is 12.4. The summed E-state index contributed by atoms with van der Waals surface area (Å²) < 4.78 is 0. The zero-order valence-corrected chi connectivity index (χ0v) is 10.7. The largest absolute Gasteiger partial charge is 0.478 e. The van der Waals surface area contributed by atoms with Gasteiger partial charge < -0.3 is 10.0 Å². The van der Waals surface area contributed by atoms with Gasteiger partial charge in [-0.3, -0.25) is 4.79 Å². The highest BCUT2D eigenvalue weighted by atomic mass is 16.4. The number of fused-ring (bicyclic) bond motifs is 1. The first-order valence-electron chi connectivity index (χ1n) is 6.34. The molecule has 1 heterocycles. The highest BCUT2D eigenvalue weighted by Gasteiger charge is 2.26. The van der Waals surface area contributed by atoms with Crippen molar-refractivity contribution >= 4 is 11.9 Å². The van der Waals surface area contributed by atoms with Crippen molar-refractivity contribution in [2.75, 3.05) is 0 Å². The van der Waals surface area contributed by atoms with Gasteiger partial charge in [-0.15, -0.1) is 0 Å². The summed E-state index contributed by atoms with van der Waals surface area (Å²) >= 11 is 0. The standard InChI is InChI=1S/C16H13NO3/c18-15-14-7-2-1-5-13(14)10-17(15)9-11-4-3-6-12(8-11)16(19)20/h1-8H,9-10H2,(H,19,20). The molecule has 1 aliphatic rings. The Balaban J connectivity index is 1.82.